The van der Waals surface area contributed by atoms with Crippen LogP contribution >= 0.6 is 11.6 Å². The van der Waals surface area contributed by atoms with Gasteiger partial charge in [-0.1, -0.05) is 48.0 Å². The van der Waals surface area contributed by atoms with Gasteiger partial charge in [-0.25, -0.2) is 4.39 Å². The van der Waals surface area contributed by atoms with E-state index in [0.29, 0.717) is 31.1 Å². The predicted molar refractivity (Wildman–Crippen MR) is 167 cm³/mol. The summed E-state index contributed by atoms with van der Waals surface area (Å²) in [7, 11) is 0. The highest BCUT2D eigenvalue weighted by Gasteiger charge is 2.18. The highest BCUT2D eigenvalue weighted by atomic mass is 35.5. The van der Waals surface area contributed by atoms with E-state index < -0.39 is 0 Å². The number of hydrogen-bond acceptors (Lipinski definition) is 4. The van der Waals surface area contributed by atoms with Crippen LogP contribution in [0.1, 0.15) is 17.5 Å². The van der Waals surface area contributed by atoms with Gasteiger partial charge < -0.3 is 18.8 Å². The number of imidazole rings is 1. The SMILES string of the molecule is N=c1n(CCCOc2ccc(F)cc2)c2ccccc2n1Cc1ccc(N2CCN(Cc3cccc(Cl)c3)CC2)cc1. The maximum atomic E-state index is 13.1. The number of halogens is 2. The molecule has 0 bridgehead atoms. The molecule has 8 heteroatoms. The van der Waals surface area contributed by atoms with Crippen LogP contribution in [-0.2, 0) is 19.6 Å². The molecule has 5 aromatic rings. The summed E-state index contributed by atoms with van der Waals surface area (Å²) in [6.45, 7) is 6.72. The van der Waals surface area contributed by atoms with Crippen molar-refractivity contribution in [1.29, 1.82) is 5.41 Å². The molecule has 1 saturated heterocycles. The lowest BCUT2D eigenvalue weighted by Gasteiger charge is -2.36. The second-order valence-electron chi connectivity index (χ2n) is 10.8. The Morgan fingerprint density at radius 2 is 1.45 bits per heavy atom. The summed E-state index contributed by atoms with van der Waals surface area (Å²) in [5.41, 5.74) is 6.21. The summed E-state index contributed by atoms with van der Waals surface area (Å²) in [4.78, 5) is 4.93. The third kappa shape index (κ3) is 6.53. The number of benzene rings is 4. The van der Waals surface area contributed by atoms with E-state index in [4.69, 9.17) is 21.7 Å². The molecule has 1 aliphatic heterocycles. The molecule has 1 fully saturated rings. The maximum Gasteiger partial charge on any atom is 0.203 e. The summed E-state index contributed by atoms with van der Waals surface area (Å²) >= 11 is 6.16. The van der Waals surface area contributed by atoms with Crippen molar-refractivity contribution in [3.05, 3.63) is 125 Å². The normalized spacial score (nSPS) is 14.0. The number of ether oxygens (including phenoxy) is 1. The summed E-state index contributed by atoms with van der Waals surface area (Å²) in [5, 5.41) is 9.78. The van der Waals surface area contributed by atoms with E-state index in [9.17, 15) is 4.39 Å². The van der Waals surface area contributed by atoms with Gasteiger partial charge >= 0.3 is 0 Å². The molecule has 6 rings (SSSR count). The second kappa shape index (κ2) is 12.8. The predicted octanol–water partition coefficient (Wildman–Crippen LogP) is 6.55. The first-order chi connectivity index (χ1) is 20.5. The Kier molecular flexibility index (Phi) is 8.58. The highest BCUT2D eigenvalue weighted by molar-refractivity contribution is 6.30. The molecule has 0 spiro atoms. The fourth-order valence-corrected chi connectivity index (χ4v) is 5.89. The first-order valence-corrected chi connectivity index (χ1v) is 14.8. The fraction of sp³-hybridized carbons (Fsp3) is 0.265. The van der Waals surface area contributed by atoms with Gasteiger partial charge in [-0.2, -0.15) is 0 Å². The standard InChI is InChI=1S/C34H35ClFN5O/c35-28-6-3-5-27(23-28)24-38-18-20-39(21-19-38)30-13-9-26(10-14-30)25-41-33-8-2-1-7-32(33)40(34(41)37)17-4-22-42-31-15-11-29(36)12-16-31/h1-3,5-16,23,37H,4,17-22,24-25H2. The molecule has 0 aliphatic carbocycles. The molecule has 2 heterocycles. The van der Waals surface area contributed by atoms with E-state index in [2.05, 4.69) is 62.9 Å². The minimum atomic E-state index is -0.275. The first-order valence-electron chi connectivity index (χ1n) is 14.5. The molecule has 1 aromatic heterocycles. The van der Waals surface area contributed by atoms with Crippen LogP contribution in [0.15, 0.2) is 97.1 Å². The molecule has 42 heavy (non-hydrogen) atoms. The Bertz CT molecular complexity index is 1690. The quantitative estimate of drug-likeness (QED) is 0.190. The number of fused-ring (bicyclic) bond motifs is 1. The van der Waals surface area contributed by atoms with Crippen molar-refractivity contribution in [2.75, 3.05) is 37.7 Å². The van der Waals surface area contributed by atoms with Crippen LogP contribution in [-0.4, -0.2) is 46.8 Å². The van der Waals surface area contributed by atoms with Crippen LogP contribution in [0.3, 0.4) is 0 Å². The van der Waals surface area contributed by atoms with Gasteiger partial charge in [-0.05, 0) is 78.2 Å². The maximum absolute atomic E-state index is 13.1. The molecule has 1 N–H and O–H groups in total. The van der Waals surface area contributed by atoms with Gasteiger partial charge in [0, 0.05) is 50.0 Å². The number of nitrogens with one attached hydrogen (secondary N) is 1. The van der Waals surface area contributed by atoms with E-state index >= 15 is 0 Å². The molecule has 0 saturated carbocycles. The number of para-hydroxylation sites is 2. The van der Waals surface area contributed by atoms with Crippen molar-refractivity contribution in [2.45, 2.75) is 26.1 Å². The van der Waals surface area contributed by atoms with Crippen LogP contribution in [0.2, 0.25) is 5.02 Å². The Morgan fingerprint density at radius 3 is 2.17 bits per heavy atom. The van der Waals surface area contributed by atoms with Crippen molar-refractivity contribution in [3.63, 3.8) is 0 Å². The van der Waals surface area contributed by atoms with Crippen molar-refractivity contribution < 1.29 is 9.13 Å². The minimum Gasteiger partial charge on any atom is -0.494 e. The number of hydrogen-bond donors (Lipinski definition) is 1. The lowest BCUT2D eigenvalue weighted by atomic mass is 10.1. The van der Waals surface area contributed by atoms with Crippen molar-refractivity contribution in [1.82, 2.24) is 14.0 Å². The zero-order valence-corrected chi connectivity index (χ0v) is 24.3. The van der Waals surface area contributed by atoms with Crippen LogP contribution in [0, 0.1) is 11.2 Å². The molecule has 0 unspecified atom stereocenters. The molecule has 0 amide bonds. The van der Waals surface area contributed by atoms with Crippen LogP contribution in [0.4, 0.5) is 10.1 Å². The molecule has 0 radical (unpaired) electrons. The van der Waals surface area contributed by atoms with Gasteiger partial charge in [-0.3, -0.25) is 10.3 Å². The van der Waals surface area contributed by atoms with Crippen molar-refractivity contribution >= 4 is 28.3 Å². The summed E-state index contributed by atoms with van der Waals surface area (Å²) < 4.78 is 23.0. The summed E-state index contributed by atoms with van der Waals surface area (Å²) in [5.74, 6) is 0.376. The molecule has 1 aliphatic rings. The monoisotopic (exact) mass is 583 g/mol. The lowest BCUT2D eigenvalue weighted by molar-refractivity contribution is 0.250. The number of nitrogens with zero attached hydrogens (tertiary/aromatic N) is 4. The van der Waals surface area contributed by atoms with Crippen LogP contribution in [0.5, 0.6) is 5.75 Å². The van der Waals surface area contributed by atoms with Gasteiger partial charge in [0.15, 0.2) is 0 Å². The van der Waals surface area contributed by atoms with Gasteiger partial charge in [0.25, 0.3) is 0 Å². The molecule has 216 valence electrons. The number of aryl methyl sites for hydroxylation is 1. The minimum absolute atomic E-state index is 0.275. The number of aromatic nitrogens is 2. The number of piperazine rings is 1. The van der Waals surface area contributed by atoms with E-state index in [-0.39, 0.29) is 5.82 Å². The van der Waals surface area contributed by atoms with Gasteiger partial charge in [-0.15, -0.1) is 0 Å². The van der Waals surface area contributed by atoms with Crippen LogP contribution < -0.4 is 15.3 Å². The second-order valence-corrected chi connectivity index (χ2v) is 11.2. The zero-order valence-electron chi connectivity index (χ0n) is 23.6. The van der Waals surface area contributed by atoms with Crippen molar-refractivity contribution in [2.24, 2.45) is 0 Å². The van der Waals surface area contributed by atoms with E-state index in [1.54, 1.807) is 12.1 Å². The molecule has 6 nitrogen and oxygen atoms in total. The largest absolute Gasteiger partial charge is 0.494 e. The Hall–Kier alpha value is -4.07. The average Bonchev–Trinajstić information content (AvgIpc) is 3.27. The van der Waals surface area contributed by atoms with Gasteiger partial charge in [0.1, 0.15) is 11.6 Å². The first kappa shape index (κ1) is 28.1. The third-order valence-electron chi connectivity index (χ3n) is 7.89. The molecular formula is C34H35ClFN5O. The number of rotatable bonds is 10. The van der Waals surface area contributed by atoms with Gasteiger partial charge in [0.2, 0.25) is 5.62 Å². The Morgan fingerprint density at radius 1 is 0.738 bits per heavy atom. The smallest absolute Gasteiger partial charge is 0.203 e. The molecule has 0 atom stereocenters. The lowest BCUT2D eigenvalue weighted by Crippen LogP contribution is -2.45. The van der Waals surface area contributed by atoms with Crippen LogP contribution in [0.25, 0.3) is 11.0 Å². The summed E-state index contributed by atoms with van der Waals surface area (Å²) in [6, 6.07) is 31.2. The fourth-order valence-electron chi connectivity index (χ4n) is 5.68. The highest BCUT2D eigenvalue weighted by Crippen LogP contribution is 2.21. The number of anilines is 1. The van der Waals surface area contributed by atoms with E-state index in [1.807, 2.05) is 28.8 Å². The molecule has 4 aromatic carbocycles. The summed E-state index contributed by atoms with van der Waals surface area (Å²) in [6.07, 6.45) is 0.739. The average molecular weight is 584 g/mol. The van der Waals surface area contributed by atoms with E-state index in [1.165, 1.54) is 28.9 Å². The third-order valence-corrected chi connectivity index (χ3v) is 8.13. The zero-order chi connectivity index (χ0) is 28.9. The van der Waals surface area contributed by atoms with Gasteiger partial charge in [0.05, 0.1) is 24.2 Å². The Labute approximate surface area is 250 Å². The molecular weight excluding hydrogens is 549 g/mol. The van der Waals surface area contributed by atoms with E-state index in [0.717, 1.165) is 55.2 Å². The topological polar surface area (TPSA) is 49.4 Å². The Balaban J connectivity index is 1.07. The van der Waals surface area contributed by atoms with Crippen molar-refractivity contribution in [3.8, 4) is 5.75 Å².